The topological polar surface area (TPSA) is 49.3 Å². The van der Waals surface area contributed by atoms with Gasteiger partial charge in [-0.3, -0.25) is 9.78 Å². The fourth-order valence-corrected chi connectivity index (χ4v) is 4.13. The van der Waals surface area contributed by atoms with Crippen molar-refractivity contribution >= 4 is 22.8 Å². The Balaban J connectivity index is 1.36. The molecule has 2 aliphatic heterocycles. The predicted molar refractivity (Wildman–Crippen MR) is 101 cm³/mol. The lowest BCUT2D eigenvalue weighted by molar-refractivity contribution is 0.0590. The second-order valence-corrected chi connectivity index (χ2v) is 7.25. The van der Waals surface area contributed by atoms with Crippen molar-refractivity contribution < 1.29 is 9.18 Å². The SMILES string of the molecule is O=C(c1cccc(F)c1)N1CCC2CN(c3cnc4ccccc4n3)C2C1. The van der Waals surface area contributed by atoms with Gasteiger partial charge in [-0.05, 0) is 36.8 Å². The highest BCUT2D eigenvalue weighted by atomic mass is 19.1. The number of benzene rings is 2. The molecule has 0 radical (unpaired) electrons. The number of anilines is 1. The lowest BCUT2D eigenvalue weighted by Gasteiger charge is -2.53. The van der Waals surface area contributed by atoms with Crippen LogP contribution in [0.25, 0.3) is 11.0 Å². The smallest absolute Gasteiger partial charge is 0.254 e. The van der Waals surface area contributed by atoms with E-state index in [-0.39, 0.29) is 17.8 Å². The van der Waals surface area contributed by atoms with Gasteiger partial charge in [0.15, 0.2) is 0 Å². The van der Waals surface area contributed by atoms with Gasteiger partial charge >= 0.3 is 0 Å². The fraction of sp³-hybridized carbons (Fsp3) is 0.286. The number of hydrogen-bond acceptors (Lipinski definition) is 4. The average molecular weight is 362 g/mol. The number of halogens is 1. The van der Waals surface area contributed by atoms with Gasteiger partial charge in [-0.15, -0.1) is 0 Å². The number of fused-ring (bicyclic) bond motifs is 2. The van der Waals surface area contributed by atoms with Crippen molar-refractivity contribution in [2.45, 2.75) is 12.5 Å². The summed E-state index contributed by atoms with van der Waals surface area (Å²) in [5, 5.41) is 0. The Morgan fingerprint density at radius 1 is 1.07 bits per heavy atom. The van der Waals surface area contributed by atoms with E-state index in [2.05, 4.69) is 9.88 Å². The molecule has 2 fully saturated rings. The third-order valence-electron chi connectivity index (χ3n) is 5.64. The van der Waals surface area contributed by atoms with Crippen LogP contribution in [-0.4, -0.2) is 46.5 Å². The van der Waals surface area contributed by atoms with E-state index >= 15 is 0 Å². The maximum atomic E-state index is 13.5. The zero-order valence-electron chi connectivity index (χ0n) is 14.8. The van der Waals surface area contributed by atoms with Crippen LogP contribution >= 0.6 is 0 Å². The van der Waals surface area contributed by atoms with Gasteiger partial charge in [-0.1, -0.05) is 18.2 Å². The molecule has 2 saturated heterocycles. The first kappa shape index (κ1) is 16.2. The van der Waals surface area contributed by atoms with Crippen molar-refractivity contribution in [3.8, 4) is 0 Å². The predicted octanol–water partition coefficient (Wildman–Crippen LogP) is 3.12. The van der Waals surface area contributed by atoms with Crippen LogP contribution in [0, 0.1) is 11.7 Å². The number of carbonyl (C=O) groups excluding carboxylic acids is 1. The second-order valence-electron chi connectivity index (χ2n) is 7.25. The fourth-order valence-electron chi connectivity index (χ4n) is 4.13. The van der Waals surface area contributed by atoms with E-state index in [1.165, 1.54) is 12.1 Å². The Kier molecular flexibility index (Phi) is 3.77. The molecule has 6 heteroatoms. The number of nitrogens with zero attached hydrogens (tertiary/aromatic N) is 4. The molecule has 2 atom stereocenters. The lowest BCUT2D eigenvalue weighted by atomic mass is 9.82. The molecule has 5 nitrogen and oxygen atoms in total. The van der Waals surface area contributed by atoms with E-state index in [1.807, 2.05) is 35.4 Å². The van der Waals surface area contributed by atoms with Crippen molar-refractivity contribution in [1.82, 2.24) is 14.9 Å². The molecule has 2 aromatic carbocycles. The third-order valence-corrected chi connectivity index (χ3v) is 5.64. The summed E-state index contributed by atoms with van der Waals surface area (Å²) in [7, 11) is 0. The molecular formula is C21H19FN4O. The number of likely N-dealkylation sites (tertiary alicyclic amines) is 1. The highest BCUT2D eigenvalue weighted by molar-refractivity contribution is 5.94. The van der Waals surface area contributed by atoms with Crippen LogP contribution < -0.4 is 4.90 Å². The van der Waals surface area contributed by atoms with Gasteiger partial charge in [0.05, 0.1) is 23.3 Å². The van der Waals surface area contributed by atoms with E-state index in [1.54, 1.807) is 12.1 Å². The molecule has 27 heavy (non-hydrogen) atoms. The number of piperidine rings is 1. The Labute approximate surface area is 156 Å². The van der Waals surface area contributed by atoms with Crippen LogP contribution in [-0.2, 0) is 0 Å². The van der Waals surface area contributed by atoms with Crippen LogP contribution in [0.1, 0.15) is 16.8 Å². The number of hydrogen-bond donors (Lipinski definition) is 0. The summed E-state index contributed by atoms with van der Waals surface area (Å²) in [5.74, 6) is 0.932. The van der Waals surface area contributed by atoms with Gasteiger partial charge in [0.2, 0.25) is 0 Å². The Hall–Kier alpha value is -3.02. The number of rotatable bonds is 2. The van der Waals surface area contributed by atoms with E-state index in [0.717, 1.165) is 29.8 Å². The molecule has 3 heterocycles. The first-order valence-electron chi connectivity index (χ1n) is 9.22. The maximum absolute atomic E-state index is 13.5. The monoisotopic (exact) mass is 362 g/mol. The highest BCUT2D eigenvalue weighted by Crippen LogP contribution is 2.36. The minimum Gasteiger partial charge on any atom is -0.350 e. The molecular weight excluding hydrogens is 343 g/mol. The van der Waals surface area contributed by atoms with Gasteiger partial charge in [0.25, 0.3) is 5.91 Å². The average Bonchev–Trinajstić information content (AvgIpc) is 2.68. The van der Waals surface area contributed by atoms with Gasteiger partial charge in [-0.25, -0.2) is 9.37 Å². The number of aromatic nitrogens is 2. The molecule has 5 rings (SSSR count). The minimum absolute atomic E-state index is 0.107. The van der Waals surface area contributed by atoms with Crippen LogP contribution in [0.2, 0.25) is 0 Å². The summed E-state index contributed by atoms with van der Waals surface area (Å²) in [6.07, 6.45) is 2.77. The zero-order chi connectivity index (χ0) is 18.4. The molecule has 0 saturated carbocycles. The van der Waals surface area contributed by atoms with Crippen molar-refractivity contribution in [2.75, 3.05) is 24.5 Å². The zero-order valence-corrected chi connectivity index (χ0v) is 14.8. The lowest BCUT2D eigenvalue weighted by Crippen LogP contribution is -2.65. The molecule has 3 aromatic rings. The number of amides is 1. The molecule has 1 aromatic heterocycles. The Morgan fingerprint density at radius 2 is 1.93 bits per heavy atom. The number of carbonyl (C=O) groups is 1. The molecule has 0 bridgehead atoms. The van der Waals surface area contributed by atoms with E-state index < -0.39 is 0 Å². The summed E-state index contributed by atoms with van der Waals surface area (Å²) in [5.41, 5.74) is 2.16. The van der Waals surface area contributed by atoms with Crippen molar-refractivity contribution in [1.29, 1.82) is 0 Å². The first-order chi connectivity index (χ1) is 13.2. The van der Waals surface area contributed by atoms with Crippen LogP contribution in [0.4, 0.5) is 10.2 Å². The molecule has 0 N–H and O–H groups in total. The van der Waals surface area contributed by atoms with Crippen LogP contribution in [0.5, 0.6) is 0 Å². The van der Waals surface area contributed by atoms with Crippen LogP contribution in [0.15, 0.2) is 54.7 Å². The van der Waals surface area contributed by atoms with Crippen molar-refractivity contribution in [3.63, 3.8) is 0 Å². The molecule has 0 spiro atoms. The van der Waals surface area contributed by atoms with Gasteiger partial charge < -0.3 is 9.80 Å². The molecule has 136 valence electrons. The molecule has 1 amide bonds. The molecule has 2 aliphatic rings. The maximum Gasteiger partial charge on any atom is 0.254 e. The van der Waals surface area contributed by atoms with Gasteiger partial charge in [0.1, 0.15) is 11.6 Å². The summed E-state index contributed by atoms with van der Waals surface area (Å²) in [4.78, 5) is 26.1. The normalized spacial score (nSPS) is 21.7. The second kappa shape index (κ2) is 6.30. The van der Waals surface area contributed by atoms with Crippen molar-refractivity contribution in [2.24, 2.45) is 5.92 Å². The van der Waals surface area contributed by atoms with Crippen molar-refractivity contribution in [3.05, 3.63) is 66.1 Å². The van der Waals surface area contributed by atoms with E-state index in [4.69, 9.17) is 4.98 Å². The summed E-state index contributed by atoms with van der Waals surface area (Å²) in [6, 6.07) is 14.0. The van der Waals surface area contributed by atoms with Crippen LogP contribution in [0.3, 0.4) is 0 Å². The standard InChI is InChI=1S/C21H19FN4O/c22-16-5-3-4-14(10-16)21(27)25-9-8-15-12-26(19(15)13-25)20-11-23-17-6-1-2-7-18(17)24-20/h1-7,10-11,15,19H,8-9,12-13H2. The Morgan fingerprint density at radius 3 is 2.78 bits per heavy atom. The van der Waals surface area contributed by atoms with Gasteiger partial charge in [0, 0.05) is 31.1 Å². The molecule has 2 unspecified atom stereocenters. The third kappa shape index (κ3) is 2.81. The Bertz CT molecular complexity index is 1020. The summed E-state index contributed by atoms with van der Waals surface area (Å²) < 4.78 is 13.5. The van der Waals surface area contributed by atoms with E-state index in [0.29, 0.717) is 24.6 Å². The summed E-state index contributed by atoms with van der Waals surface area (Å²) in [6.45, 7) is 2.29. The minimum atomic E-state index is -0.382. The highest BCUT2D eigenvalue weighted by Gasteiger charge is 2.44. The largest absolute Gasteiger partial charge is 0.350 e. The molecule has 0 aliphatic carbocycles. The van der Waals surface area contributed by atoms with Gasteiger partial charge in [-0.2, -0.15) is 0 Å². The number of para-hydroxylation sites is 2. The summed E-state index contributed by atoms with van der Waals surface area (Å²) >= 11 is 0. The first-order valence-corrected chi connectivity index (χ1v) is 9.22. The quantitative estimate of drug-likeness (QED) is 0.703. The van der Waals surface area contributed by atoms with E-state index in [9.17, 15) is 9.18 Å².